The molecule has 0 spiro atoms. The molecule has 0 unspecified atom stereocenters. The van der Waals surface area contributed by atoms with Crippen molar-refractivity contribution in [1.82, 2.24) is 9.97 Å². The lowest BCUT2D eigenvalue weighted by molar-refractivity contribution is 0.685. The van der Waals surface area contributed by atoms with Crippen LogP contribution in [0.3, 0.4) is 0 Å². The molecule has 0 saturated carbocycles. The molecule has 0 bridgehead atoms. The quantitative estimate of drug-likeness (QED) is 0.491. The molecule has 1 heterocycles. The van der Waals surface area contributed by atoms with Gasteiger partial charge in [-0.2, -0.15) is 0 Å². The molecule has 78 valence electrons. The molecule has 3 nitrogen and oxygen atoms in total. The predicted molar refractivity (Wildman–Crippen MR) is 62.2 cm³/mol. The normalized spacial score (nSPS) is 10.6. The Balaban J connectivity index is 2.71. The second kappa shape index (κ2) is 5.41. The van der Waals surface area contributed by atoms with Crippen LogP contribution in [0.15, 0.2) is 11.2 Å². The molecule has 1 aromatic heterocycles. The molecule has 1 rings (SSSR count). The third-order valence-corrected chi connectivity index (χ3v) is 2.29. The summed E-state index contributed by atoms with van der Waals surface area (Å²) >= 11 is 7.32. The van der Waals surface area contributed by atoms with Crippen LogP contribution in [0, 0.1) is 5.92 Å². The van der Waals surface area contributed by atoms with Crippen molar-refractivity contribution in [3.8, 4) is 0 Å². The molecule has 0 atom stereocenters. The van der Waals surface area contributed by atoms with Gasteiger partial charge in [0.25, 0.3) is 0 Å². The third-order valence-electron chi connectivity index (χ3n) is 1.55. The maximum atomic E-state index is 5.84. The molecule has 1 aromatic rings. The number of nitrogens with zero attached hydrogens (tertiary/aromatic N) is 2. The second-order valence-corrected chi connectivity index (χ2v) is 4.50. The van der Waals surface area contributed by atoms with Crippen molar-refractivity contribution in [3.05, 3.63) is 11.2 Å². The number of aromatic nitrogens is 2. The first-order valence-corrected chi connectivity index (χ1v) is 6.04. The molecule has 0 amide bonds. The summed E-state index contributed by atoms with van der Waals surface area (Å²) in [6.45, 7) is 5.18. The Labute approximate surface area is 93.7 Å². The zero-order valence-corrected chi connectivity index (χ0v) is 10.1. The fraction of sp³-hybridized carbons (Fsp3) is 0.556. The monoisotopic (exact) mass is 231 g/mol. The lowest BCUT2D eigenvalue weighted by Crippen LogP contribution is -2.09. The standard InChI is InChI=1S/C9H14ClN3S/c1-6(2)5-11-8-4-7(10)12-9(13-8)14-3/h4,6H,5H2,1-3H3,(H,11,12,13). The summed E-state index contributed by atoms with van der Waals surface area (Å²) in [6.07, 6.45) is 1.93. The van der Waals surface area contributed by atoms with Gasteiger partial charge in [-0.1, -0.05) is 37.2 Å². The largest absolute Gasteiger partial charge is 0.370 e. The van der Waals surface area contributed by atoms with Crippen molar-refractivity contribution in [2.75, 3.05) is 18.1 Å². The minimum absolute atomic E-state index is 0.482. The van der Waals surface area contributed by atoms with Crippen molar-refractivity contribution in [1.29, 1.82) is 0 Å². The molecule has 14 heavy (non-hydrogen) atoms. The minimum atomic E-state index is 0.482. The summed E-state index contributed by atoms with van der Waals surface area (Å²) in [5.74, 6) is 1.38. The number of thioether (sulfide) groups is 1. The van der Waals surface area contributed by atoms with Crippen LogP contribution < -0.4 is 5.32 Å². The number of rotatable bonds is 4. The lowest BCUT2D eigenvalue weighted by atomic mass is 10.2. The maximum absolute atomic E-state index is 5.84. The average Bonchev–Trinajstić information content (AvgIpc) is 2.14. The van der Waals surface area contributed by atoms with Gasteiger partial charge >= 0.3 is 0 Å². The molecular formula is C9H14ClN3S. The first-order chi connectivity index (χ1) is 6.61. The molecule has 0 saturated heterocycles. The van der Waals surface area contributed by atoms with Gasteiger partial charge in [0.1, 0.15) is 11.0 Å². The van der Waals surface area contributed by atoms with Crippen LogP contribution in [0.1, 0.15) is 13.8 Å². The Bertz CT molecular complexity index is 304. The number of anilines is 1. The average molecular weight is 232 g/mol. The van der Waals surface area contributed by atoms with E-state index in [1.165, 1.54) is 11.8 Å². The van der Waals surface area contributed by atoms with E-state index < -0.39 is 0 Å². The molecule has 0 aliphatic heterocycles. The molecule has 0 radical (unpaired) electrons. The molecule has 0 aromatic carbocycles. The van der Waals surface area contributed by atoms with Gasteiger partial charge in [-0.05, 0) is 12.2 Å². The number of halogens is 1. The number of nitrogens with one attached hydrogen (secondary N) is 1. The Morgan fingerprint density at radius 2 is 2.21 bits per heavy atom. The summed E-state index contributed by atoms with van der Waals surface area (Å²) in [5, 5.41) is 4.39. The van der Waals surface area contributed by atoms with Crippen LogP contribution >= 0.6 is 23.4 Å². The summed E-state index contributed by atoms with van der Waals surface area (Å²) in [5.41, 5.74) is 0. The van der Waals surface area contributed by atoms with Crippen LogP contribution in [0.4, 0.5) is 5.82 Å². The van der Waals surface area contributed by atoms with Crippen molar-refractivity contribution >= 4 is 29.2 Å². The molecule has 1 N–H and O–H groups in total. The van der Waals surface area contributed by atoms with Crippen LogP contribution in [0.25, 0.3) is 0 Å². The highest BCUT2D eigenvalue weighted by molar-refractivity contribution is 7.98. The van der Waals surface area contributed by atoms with Crippen LogP contribution in [-0.2, 0) is 0 Å². The predicted octanol–water partition coefficient (Wildman–Crippen LogP) is 2.92. The van der Waals surface area contributed by atoms with Gasteiger partial charge in [0.05, 0.1) is 0 Å². The van der Waals surface area contributed by atoms with Crippen LogP contribution in [-0.4, -0.2) is 22.8 Å². The van der Waals surface area contributed by atoms with E-state index >= 15 is 0 Å². The van der Waals surface area contributed by atoms with Gasteiger partial charge in [0, 0.05) is 12.6 Å². The van der Waals surface area contributed by atoms with Crippen LogP contribution in [0.5, 0.6) is 0 Å². The van der Waals surface area contributed by atoms with Crippen molar-refractivity contribution in [2.24, 2.45) is 5.92 Å². The second-order valence-electron chi connectivity index (χ2n) is 3.34. The summed E-state index contributed by atoms with van der Waals surface area (Å²) in [4.78, 5) is 8.34. The zero-order valence-electron chi connectivity index (χ0n) is 8.54. The molecule has 0 aliphatic rings. The molecule has 0 aliphatic carbocycles. The Morgan fingerprint density at radius 1 is 1.50 bits per heavy atom. The van der Waals surface area contributed by atoms with Gasteiger partial charge in [-0.25, -0.2) is 9.97 Å². The van der Waals surface area contributed by atoms with E-state index in [0.29, 0.717) is 16.2 Å². The van der Waals surface area contributed by atoms with E-state index in [1.54, 1.807) is 6.07 Å². The Morgan fingerprint density at radius 3 is 2.79 bits per heavy atom. The number of hydrogen-bond donors (Lipinski definition) is 1. The van der Waals surface area contributed by atoms with Gasteiger partial charge in [-0.15, -0.1) is 0 Å². The lowest BCUT2D eigenvalue weighted by Gasteiger charge is -2.08. The molecule has 0 fully saturated rings. The highest BCUT2D eigenvalue weighted by Crippen LogP contribution is 2.17. The zero-order chi connectivity index (χ0) is 10.6. The van der Waals surface area contributed by atoms with E-state index in [4.69, 9.17) is 11.6 Å². The summed E-state index contributed by atoms with van der Waals surface area (Å²) in [6, 6.07) is 1.74. The van der Waals surface area contributed by atoms with Gasteiger partial charge in [0.2, 0.25) is 0 Å². The number of hydrogen-bond acceptors (Lipinski definition) is 4. The Kier molecular flexibility index (Phi) is 4.48. The summed E-state index contributed by atoms with van der Waals surface area (Å²) < 4.78 is 0. The first-order valence-electron chi connectivity index (χ1n) is 4.44. The first kappa shape index (κ1) is 11.6. The maximum Gasteiger partial charge on any atom is 0.190 e. The van der Waals surface area contributed by atoms with Crippen molar-refractivity contribution < 1.29 is 0 Å². The van der Waals surface area contributed by atoms with Crippen molar-refractivity contribution in [2.45, 2.75) is 19.0 Å². The third kappa shape index (κ3) is 3.72. The van der Waals surface area contributed by atoms with Gasteiger partial charge in [-0.3, -0.25) is 0 Å². The Hall–Kier alpha value is -0.480. The SMILES string of the molecule is CSc1nc(Cl)cc(NCC(C)C)n1. The van der Waals surface area contributed by atoms with Crippen LogP contribution in [0.2, 0.25) is 5.15 Å². The molecular weight excluding hydrogens is 218 g/mol. The summed E-state index contributed by atoms with van der Waals surface area (Å²) in [7, 11) is 0. The van der Waals surface area contributed by atoms with E-state index in [0.717, 1.165) is 12.4 Å². The fourth-order valence-electron chi connectivity index (χ4n) is 0.887. The minimum Gasteiger partial charge on any atom is -0.370 e. The fourth-order valence-corrected chi connectivity index (χ4v) is 1.50. The topological polar surface area (TPSA) is 37.8 Å². The highest BCUT2D eigenvalue weighted by atomic mass is 35.5. The highest BCUT2D eigenvalue weighted by Gasteiger charge is 2.02. The van der Waals surface area contributed by atoms with Crippen molar-refractivity contribution in [3.63, 3.8) is 0 Å². The van der Waals surface area contributed by atoms with E-state index in [9.17, 15) is 0 Å². The smallest absolute Gasteiger partial charge is 0.190 e. The van der Waals surface area contributed by atoms with Gasteiger partial charge < -0.3 is 5.32 Å². The van der Waals surface area contributed by atoms with E-state index in [1.807, 2.05) is 6.26 Å². The van der Waals surface area contributed by atoms with E-state index in [2.05, 4.69) is 29.1 Å². The van der Waals surface area contributed by atoms with Gasteiger partial charge in [0.15, 0.2) is 5.16 Å². The van der Waals surface area contributed by atoms with E-state index in [-0.39, 0.29) is 0 Å². The molecule has 5 heteroatoms.